The van der Waals surface area contributed by atoms with Crippen LogP contribution >= 0.6 is 0 Å². The van der Waals surface area contributed by atoms with E-state index in [4.69, 9.17) is 10.2 Å². The maximum absolute atomic E-state index is 12.5. The third kappa shape index (κ3) is 18.4. The van der Waals surface area contributed by atoms with E-state index in [1.807, 2.05) is 0 Å². The van der Waals surface area contributed by atoms with Gasteiger partial charge in [0.15, 0.2) is 0 Å². The van der Waals surface area contributed by atoms with Gasteiger partial charge < -0.3 is 112 Å². The molecule has 6 N–H and O–H groups in total. The van der Waals surface area contributed by atoms with Crippen LogP contribution in [0.1, 0.15) is 19.3 Å². The zero-order valence-electron chi connectivity index (χ0n) is 28.1. The molecule has 53 heavy (non-hydrogen) atoms. The second-order valence-electron chi connectivity index (χ2n) is 12.1. The van der Waals surface area contributed by atoms with Crippen molar-refractivity contribution >= 4 is 23.9 Å². The molecule has 0 bridgehead atoms. The molecule has 0 saturated heterocycles. The molecular formula is C28H40Hf3N4O18. The molecule has 0 heterocycles. The molecule has 2 rings (SSSR count). The van der Waals surface area contributed by atoms with Crippen LogP contribution < -0.4 is 82.5 Å². The number of aliphatic carboxylic acids is 4. The summed E-state index contributed by atoms with van der Waals surface area (Å²) in [6.07, 6.45) is -12.2. The fourth-order valence-electron chi connectivity index (χ4n) is 6.01. The summed E-state index contributed by atoms with van der Waals surface area (Å²) in [5, 5.41) is 166. The Bertz CT molecular complexity index is 925. The summed E-state index contributed by atoms with van der Waals surface area (Å²) in [5.41, 5.74) is 0. The van der Waals surface area contributed by atoms with Crippen LogP contribution in [0, 0.1) is 17.8 Å². The van der Waals surface area contributed by atoms with Crippen molar-refractivity contribution in [2.45, 2.75) is 86.1 Å². The second-order valence-corrected chi connectivity index (χ2v) is 12.1. The maximum atomic E-state index is 12.5. The van der Waals surface area contributed by atoms with Gasteiger partial charge in [-0.3, -0.25) is 0 Å². The van der Waals surface area contributed by atoms with Crippen molar-refractivity contribution in [2.75, 3.05) is 46.1 Å². The van der Waals surface area contributed by atoms with Gasteiger partial charge in [-0.2, -0.15) is 0 Å². The molecule has 0 radical (unpaired) electrons. The van der Waals surface area contributed by atoms with Crippen LogP contribution in [-0.2, 0) is 96.7 Å². The average Bonchev–Trinajstić information content (AvgIpc) is 3.04. The number of carboxylic acids is 4. The van der Waals surface area contributed by atoms with E-state index < -0.39 is 161 Å². The largest absolute Gasteiger partial charge is 4.00 e. The van der Waals surface area contributed by atoms with E-state index in [0.717, 1.165) is 0 Å². The van der Waals surface area contributed by atoms with Crippen LogP contribution in [0.5, 0.6) is 0 Å². The van der Waals surface area contributed by atoms with E-state index in [0.29, 0.717) is 0 Å². The first kappa shape index (κ1) is 57.3. The third-order valence-corrected chi connectivity index (χ3v) is 8.60. The molecule has 2 aliphatic carbocycles. The van der Waals surface area contributed by atoms with E-state index in [9.17, 15) is 80.5 Å². The standard InChI is InChI=1S/2C14H22N2O9.3Hf/c17-4-6(5-18)1-7-12(23)10(15-2-8(19)20)14(25)11(13(7)24)16-3-9(21)22;17-4-6(5-18)16-11-13(24)7(1-2-8(19)20)12(23)10(14(11)25)15-3-9(21)22;;;/h2*6-7,10-17H,1-5H2,(H,19,20)(H,21,22);;;/q2*-4;3*+4/p-4/t6?,7?,10-,11+,12-,13+,14?;6?,7-,10+,11-,12+,13-,14+;;;/m.0.../s1. The zero-order chi connectivity index (χ0) is 38.3. The van der Waals surface area contributed by atoms with Crippen LogP contribution in [0.15, 0.2) is 0 Å². The molecule has 0 aromatic heterocycles. The van der Waals surface area contributed by atoms with Crippen LogP contribution in [-0.4, -0.2) is 147 Å². The minimum absolute atomic E-state index is 0. The Kier molecular flexibility index (Phi) is 31.5. The molecule has 0 aromatic rings. The fraction of sp³-hybridized carbons (Fsp3) is 0.857. The number of carbonyl (C=O) groups is 4. The number of hydrogen-bond acceptors (Lipinski definition) is 22. The molecule has 4 unspecified atom stereocenters. The predicted octanol–water partition coefficient (Wildman–Crippen LogP) is -18.7. The summed E-state index contributed by atoms with van der Waals surface area (Å²) in [6, 6.07) is -7.01. The molecule has 14 atom stereocenters. The number of carboxylic acid groups (broad SMARTS) is 4. The van der Waals surface area contributed by atoms with Gasteiger partial charge in [-0.05, 0) is 49.3 Å². The normalized spacial score (nSPS) is 31.9. The summed E-state index contributed by atoms with van der Waals surface area (Å²) >= 11 is 0. The quantitative estimate of drug-likeness (QED) is 0.0617. The van der Waals surface area contributed by atoms with E-state index >= 15 is 0 Å². The van der Waals surface area contributed by atoms with Gasteiger partial charge in [0.1, 0.15) is 0 Å². The van der Waals surface area contributed by atoms with Gasteiger partial charge in [-0.15, -0.1) is 37.6 Å². The van der Waals surface area contributed by atoms with Gasteiger partial charge in [-0.1, -0.05) is 24.0 Å². The monoisotopic (exact) mass is 1260 g/mol. The second kappa shape index (κ2) is 29.2. The first-order valence-corrected chi connectivity index (χ1v) is 15.5. The van der Waals surface area contributed by atoms with Crippen molar-refractivity contribution in [1.29, 1.82) is 0 Å². The van der Waals surface area contributed by atoms with E-state index in [-0.39, 0.29) is 90.4 Å². The summed E-state index contributed by atoms with van der Waals surface area (Å²) in [5.74, 6) is -9.60. The number of rotatable bonds is 20. The number of hydrogen-bond donors (Lipinski definition) is 6. The Hall–Kier alpha value is -0.0696. The first-order chi connectivity index (χ1) is 23.4. The Morgan fingerprint density at radius 3 is 1.23 bits per heavy atom. The molecule has 0 spiro atoms. The molecule has 25 heteroatoms. The van der Waals surface area contributed by atoms with E-state index in [2.05, 4.69) is 21.3 Å². The minimum Gasteiger partial charge on any atom is -0.854 e. The van der Waals surface area contributed by atoms with Crippen LogP contribution in [0.4, 0.5) is 0 Å². The Labute approximate surface area is 360 Å². The number of carbonyl (C=O) groups excluding carboxylic acids is 4. The van der Waals surface area contributed by atoms with Crippen LogP contribution in [0.25, 0.3) is 0 Å². The fourth-order valence-corrected chi connectivity index (χ4v) is 6.01. The Balaban J connectivity index is -0.000000893. The van der Waals surface area contributed by atoms with Crippen molar-refractivity contribution in [1.82, 2.24) is 21.3 Å². The summed E-state index contributed by atoms with van der Waals surface area (Å²) in [4.78, 5) is 42.3. The van der Waals surface area contributed by atoms with Crippen LogP contribution in [0.3, 0.4) is 0 Å². The minimum atomic E-state index is -1.90. The molecule has 2 fully saturated rings. The third-order valence-electron chi connectivity index (χ3n) is 8.60. The number of aliphatic hydroxyl groups is 2. The number of nitrogens with one attached hydrogen (secondary N) is 4. The van der Waals surface area contributed by atoms with Gasteiger partial charge in [0.25, 0.3) is 0 Å². The van der Waals surface area contributed by atoms with E-state index in [1.165, 1.54) is 0 Å². The summed E-state index contributed by atoms with van der Waals surface area (Å²) in [6.45, 7) is -5.13. The maximum Gasteiger partial charge on any atom is 4.00 e. The molecule has 0 aromatic carbocycles. The van der Waals surface area contributed by atoms with Crippen molar-refractivity contribution in [2.24, 2.45) is 17.8 Å². The Morgan fingerprint density at radius 1 is 0.528 bits per heavy atom. The van der Waals surface area contributed by atoms with Gasteiger partial charge in [0.05, 0.1) is 24.5 Å². The predicted molar refractivity (Wildman–Crippen MR) is 137 cm³/mol. The molecule has 2 saturated carbocycles. The van der Waals surface area contributed by atoms with Gasteiger partial charge in [-0.25, -0.2) is 0 Å². The van der Waals surface area contributed by atoms with Crippen LogP contribution in [0.2, 0.25) is 0 Å². The molecule has 2 aliphatic rings. The SMILES string of the molecule is O=C([O-])CC[C@H]1[C@@H]([O-])[C@@H](NCC(=O)[O-])[C@@H]([O-])[C@@H](NC(C[O-])CO)[C@H]1[O-].O=C([O-])CN[C@@H]1C([O-])[C@H](NCC(=O)[O-])[C@H]([O-])C(CC(C[O-])CO)[C@@H]1[O-].[Hf+4].[Hf+4].[Hf+4]. The van der Waals surface area contributed by atoms with Crippen molar-refractivity contribution < 1.29 is 168 Å². The average molecular weight is 1260 g/mol. The van der Waals surface area contributed by atoms with Gasteiger partial charge in [0, 0.05) is 38.3 Å². The topological polar surface area (TPSA) is 434 Å². The smallest absolute Gasteiger partial charge is 0.854 e. The Morgan fingerprint density at radius 2 is 0.906 bits per heavy atom. The molecule has 0 amide bonds. The van der Waals surface area contributed by atoms with Gasteiger partial charge >= 0.3 is 77.5 Å². The molecule has 22 nitrogen and oxygen atoms in total. The summed E-state index contributed by atoms with van der Waals surface area (Å²) < 4.78 is 0. The molecular weight excluding hydrogens is 1220 g/mol. The molecule has 0 aliphatic heterocycles. The van der Waals surface area contributed by atoms with Crippen molar-refractivity contribution in [3.8, 4) is 0 Å². The van der Waals surface area contributed by atoms with Crippen molar-refractivity contribution in [3.05, 3.63) is 0 Å². The number of aliphatic hydroxyl groups excluding tert-OH is 2. The van der Waals surface area contributed by atoms with Crippen molar-refractivity contribution in [3.63, 3.8) is 0 Å². The van der Waals surface area contributed by atoms with E-state index in [1.54, 1.807) is 0 Å². The summed E-state index contributed by atoms with van der Waals surface area (Å²) in [7, 11) is 0. The first-order valence-electron chi connectivity index (χ1n) is 15.5. The zero-order valence-corrected chi connectivity index (χ0v) is 38.9. The molecule has 292 valence electrons. The van der Waals surface area contributed by atoms with Gasteiger partial charge in [0.2, 0.25) is 0 Å².